The van der Waals surface area contributed by atoms with E-state index < -0.39 is 5.25 Å². The largest absolute Gasteiger partial charge is 0.454 e. The highest BCUT2D eigenvalue weighted by Crippen LogP contribution is 2.32. The van der Waals surface area contributed by atoms with E-state index in [1.165, 1.54) is 11.1 Å². The van der Waals surface area contributed by atoms with E-state index in [1.54, 1.807) is 36.4 Å². The molecule has 2 aliphatic rings. The summed E-state index contributed by atoms with van der Waals surface area (Å²) in [4.78, 5) is 26.0. The Balaban J connectivity index is 1.40. The van der Waals surface area contributed by atoms with Crippen LogP contribution in [0.5, 0.6) is 11.5 Å². The molecule has 2 aromatic carbocycles. The zero-order valence-electron chi connectivity index (χ0n) is 14.6. The number of nitrogens with two attached hydrogens (primary N) is 1. The lowest BCUT2D eigenvalue weighted by molar-refractivity contribution is -0.121. The number of amides is 2. The van der Waals surface area contributed by atoms with Gasteiger partial charge in [0.05, 0.1) is 11.9 Å². The molecule has 0 radical (unpaired) electrons. The molecule has 0 aliphatic carbocycles. The van der Waals surface area contributed by atoms with Crippen molar-refractivity contribution in [3.05, 3.63) is 54.1 Å². The predicted octanol–water partition coefficient (Wildman–Crippen LogP) is 2.13. The second-order valence-electron chi connectivity index (χ2n) is 6.01. The molecule has 142 valence electrons. The third kappa shape index (κ3) is 3.70. The Bertz CT molecular complexity index is 977. The highest BCUT2D eigenvalue weighted by molar-refractivity contribution is 8.14. The number of hydrogen-bond donors (Lipinski definition) is 1. The standard InChI is InChI=1S/C19H16N4O4S/c20-19(22-21-10-12-6-7-14-15(8-12)27-11-26-14)28-16-9-17(24)23(18(16)25)13-4-2-1-3-5-13/h1-8,10,16H,9,11H2,(H2,20,22)/b21-10-/t16-/m1/s1. The van der Waals surface area contributed by atoms with E-state index in [1.807, 2.05) is 12.1 Å². The van der Waals surface area contributed by atoms with Crippen LogP contribution < -0.4 is 20.1 Å². The van der Waals surface area contributed by atoms with E-state index in [-0.39, 0.29) is 30.2 Å². The number of nitrogens with zero attached hydrogens (tertiary/aromatic N) is 3. The van der Waals surface area contributed by atoms with Crippen molar-refractivity contribution in [2.24, 2.45) is 15.9 Å². The molecule has 1 atom stereocenters. The van der Waals surface area contributed by atoms with Crippen LogP contribution >= 0.6 is 11.8 Å². The third-order valence-corrected chi connectivity index (χ3v) is 5.12. The molecule has 0 saturated carbocycles. The van der Waals surface area contributed by atoms with Crippen LogP contribution in [0.2, 0.25) is 0 Å². The van der Waals surface area contributed by atoms with Gasteiger partial charge in [0.15, 0.2) is 16.7 Å². The van der Waals surface area contributed by atoms with Crippen molar-refractivity contribution in [2.75, 3.05) is 11.7 Å². The van der Waals surface area contributed by atoms with Gasteiger partial charge >= 0.3 is 0 Å². The maximum absolute atomic E-state index is 12.6. The normalized spacial score (nSPS) is 19.1. The maximum Gasteiger partial charge on any atom is 0.247 e. The molecule has 4 rings (SSSR count). The second kappa shape index (κ2) is 7.73. The molecule has 2 N–H and O–H groups in total. The van der Waals surface area contributed by atoms with Gasteiger partial charge in [0.2, 0.25) is 18.6 Å². The Morgan fingerprint density at radius 3 is 2.75 bits per heavy atom. The van der Waals surface area contributed by atoms with Crippen LogP contribution in [0.3, 0.4) is 0 Å². The number of carbonyl (C=O) groups is 2. The molecule has 1 saturated heterocycles. The van der Waals surface area contributed by atoms with Crippen molar-refractivity contribution < 1.29 is 19.1 Å². The summed E-state index contributed by atoms with van der Waals surface area (Å²) in [7, 11) is 0. The minimum Gasteiger partial charge on any atom is -0.454 e. The van der Waals surface area contributed by atoms with Gasteiger partial charge in [-0.05, 0) is 35.9 Å². The van der Waals surface area contributed by atoms with Gasteiger partial charge in [-0.15, -0.1) is 5.10 Å². The van der Waals surface area contributed by atoms with Crippen LogP contribution in [0.15, 0.2) is 58.7 Å². The number of benzene rings is 2. The van der Waals surface area contributed by atoms with E-state index >= 15 is 0 Å². The number of fused-ring (bicyclic) bond motifs is 1. The number of rotatable bonds is 4. The van der Waals surface area contributed by atoms with Gasteiger partial charge in [-0.2, -0.15) is 5.10 Å². The molecule has 0 unspecified atom stereocenters. The molecule has 0 aromatic heterocycles. The molecule has 8 nitrogen and oxygen atoms in total. The number of para-hydroxylation sites is 1. The lowest BCUT2D eigenvalue weighted by atomic mass is 10.2. The zero-order valence-corrected chi connectivity index (χ0v) is 15.5. The summed E-state index contributed by atoms with van der Waals surface area (Å²) in [6.45, 7) is 0.200. The quantitative estimate of drug-likeness (QED) is 0.367. The van der Waals surface area contributed by atoms with Crippen molar-refractivity contribution in [3.63, 3.8) is 0 Å². The molecule has 0 spiro atoms. The SMILES string of the molecule is NC(=N/N=C\c1ccc2c(c1)OCO2)S[C@@H]1CC(=O)N(c2ccccc2)C1=O. The molecule has 2 aromatic rings. The Labute approximate surface area is 165 Å². The molecule has 0 bridgehead atoms. The van der Waals surface area contributed by atoms with Gasteiger partial charge in [-0.25, -0.2) is 4.90 Å². The minimum atomic E-state index is -0.614. The van der Waals surface area contributed by atoms with Crippen molar-refractivity contribution in [2.45, 2.75) is 11.7 Å². The summed E-state index contributed by atoms with van der Waals surface area (Å²) in [6.07, 6.45) is 1.59. The number of carbonyl (C=O) groups excluding carboxylic acids is 2. The molecular formula is C19H16N4O4S. The van der Waals surface area contributed by atoms with E-state index in [9.17, 15) is 9.59 Å². The number of hydrogen-bond acceptors (Lipinski definition) is 7. The Morgan fingerprint density at radius 1 is 1.14 bits per heavy atom. The fourth-order valence-corrected chi connectivity index (χ4v) is 3.68. The molecular weight excluding hydrogens is 380 g/mol. The van der Waals surface area contributed by atoms with E-state index in [4.69, 9.17) is 15.2 Å². The topological polar surface area (TPSA) is 107 Å². The fourth-order valence-electron chi connectivity index (χ4n) is 2.86. The van der Waals surface area contributed by atoms with Gasteiger partial charge in [-0.3, -0.25) is 9.59 Å². The summed E-state index contributed by atoms with van der Waals surface area (Å²) in [5.74, 6) is 0.763. The Morgan fingerprint density at radius 2 is 1.93 bits per heavy atom. The number of anilines is 1. The summed E-state index contributed by atoms with van der Waals surface area (Å²) >= 11 is 1.03. The lowest BCUT2D eigenvalue weighted by Crippen LogP contribution is -2.31. The van der Waals surface area contributed by atoms with E-state index in [0.717, 1.165) is 17.3 Å². The highest BCUT2D eigenvalue weighted by Gasteiger charge is 2.40. The number of amidine groups is 1. The molecule has 1 fully saturated rings. The predicted molar refractivity (Wildman–Crippen MR) is 107 cm³/mol. The maximum atomic E-state index is 12.6. The minimum absolute atomic E-state index is 0.0699. The monoisotopic (exact) mass is 396 g/mol. The van der Waals surface area contributed by atoms with Crippen LogP contribution in [0.1, 0.15) is 12.0 Å². The molecule has 2 amide bonds. The van der Waals surface area contributed by atoms with Crippen molar-refractivity contribution in [3.8, 4) is 11.5 Å². The average Bonchev–Trinajstić information content (AvgIpc) is 3.26. The second-order valence-corrected chi connectivity index (χ2v) is 7.23. The molecule has 2 heterocycles. The van der Waals surface area contributed by atoms with Gasteiger partial charge in [0, 0.05) is 6.42 Å². The van der Waals surface area contributed by atoms with Gasteiger partial charge in [-0.1, -0.05) is 30.0 Å². The Kier molecular flexibility index (Phi) is 4.98. The van der Waals surface area contributed by atoms with Crippen LogP contribution in [0.25, 0.3) is 0 Å². The number of thioether (sulfide) groups is 1. The van der Waals surface area contributed by atoms with Crippen LogP contribution in [0, 0.1) is 0 Å². The summed E-state index contributed by atoms with van der Waals surface area (Å²) in [5, 5.41) is 7.34. The first-order valence-corrected chi connectivity index (χ1v) is 9.34. The van der Waals surface area contributed by atoms with Crippen molar-refractivity contribution >= 4 is 40.6 Å². The van der Waals surface area contributed by atoms with Gasteiger partial charge in [0.1, 0.15) is 5.25 Å². The molecule has 2 aliphatic heterocycles. The first kappa shape index (κ1) is 18.1. The number of ether oxygens (including phenoxy) is 2. The van der Waals surface area contributed by atoms with Gasteiger partial charge in [0.25, 0.3) is 0 Å². The highest BCUT2D eigenvalue weighted by atomic mass is 32.2. The number of imide groups is 1. The molecule has 28 heavy (non-hydrogen) atoms. The smallest absolute Gasteiger partial charge is 0.247 e. The summed E-state index contributed by atoms with van der Waals surface area (Å²) in [5.41, 5.74) is 7.20. The fraction of sp³-hybridized carbons (Fsp3) is 0.158. The van der Waals surface area contributed by atoms with Crippen molar-refractivity contribution in [1.82, 2.24) is 0 Å². The lowest BCUT2D eigenvalue weighted by Gasteiger charge is -2.14. The average molecular weight is 396 g/mol. The van der Waals surface area contributed by atoms with Crippen LogP contribution in [0.4, 0.5) is 5.69 Å². The third-order valence-electron chi connectivity index (χ3n) is 4.14. The first-order chi connectivity index (χ1) is 13.6. The Hall–Kier alpha value is -3.33. The summed E-state index contributed by atoms with van der Waals surface area (Å²) in [6, 6.07) is 14.2. The first-order valence-electron chi connectivity index (χ1n) is 8.46. The van der Waals surface area contributed by atoms with E-state index in [2.05, 4.69) is 10.2 Å². The zero-order chi connectivity index (χ0) is 19.5. The van der Waals surface area contributed by atoms with Crippen LogP contribution in [-0.2, 0) is 9.59 Å². The summed E-state index contributed by atoms with van der Waals surface area (Å²) < 4.78 is 10.5. The molecule has 9 heteroatoms. The van der Waals surface area contributed by atoms with Gasteiger partial charge < -0.3 is 15.2 Å². The van der Waals surface area contributed by atoms with Crippen LogP contribution in [-0.4, -0.2) is 35.2 Å². The van der Waals surface area contributed by atoms with Crippen molar-refractivity contribution in [1.29, 1.82) is 0 Å². The van der Waals surface area contributed by atoms with E-state index in [0.29, 0.717) is 17.2 Å².